The van der Waals surface area contributed by atoms with Gasteiger partial charge in [0.1, 0.15) is 11.6 Å². The SMILES string of the molecule is NC(c1cc(F)ccc1F)c1ncc(Cl)cc1Cl. The molecule has 1 heterocycles. The average Bonchev–Trinajstić information content (AvgIpc) is 2.31. The first-order valence-electron chi connectivity index (χ1n) is 5.00. The molecular weight excluding hydrogens is 281 g/mol. The van der Waals surface area contributed by atoms with Crippen LogP contribution in [0.3, 0.4) is 0 Å². The molecule has 2 aromatic rings. The van der Waals surface area contributed by atoms with Crippen LogP contribution in [0.15, 0.2) is 30.5 Å². The maximum Gasteiger partial charge on any atom is 0.128 e. The Balaban J connectivity index is 2.47. The van der Waals surface area contributed by atoms with Gasteiger partial charge in [0.15, 0.2) is 0 Å². The van der Waals surface area contributed by atoms with E-state index < -0.39 is 17.7 Å². The van der Waals surface area contributed by atoms with Crippen LogP contribution in [0.1, 0.15) is 17.3 Å². The molecule has 2 nitrogen and oxygen atoms in total. The molecular formula is C12H8Cl2F2N2. The number of pyridine rings is 1. The minimum atomic E-state index is -0.953. The minimum absolute atomic E-state index is 0.00766. The zero-order chi connectivity index (χ0) is 13.3. The van der Waals surface area contributed by atoms with Gasteiger partial charge >= 0.3 is 0 Å². The topological polar surface area (TPSA) is 38.9 Å². The van der Waals surface area contributed by atoms with Crippen LogP contribution >= 0.6 is 23.2 Å². The molecule has 0 bridgehead atoms. The van der Waals surface area contributed by atoms with Gasteiger partial charge in [0.25, 0.3) is 0 Å². The number of hydrogen-bond donors (Lipinski definition) is 1. The molecule has 0 amide bonds. The second-order valence-corrected chi connectivity index (χ2v) is 4.51. The molecule has 0 saturated heterocycles. The van der Waals surface area contributed by atoms with Gasteiger partial charge in [0.05, 0.1) is 21.8 Å². The average molecular weight is 289 g/mol. The van der Waals surface area contributed by atoms with E-state index >= 15 is 0 Å². The summed E-state index contributed by atoms with van der Waals surface area (Å²) in [4.78, 5) is 3.95. The predicted octanol–water partition coefficient (Wildman–Crippen LogP) is 3.71. The van der Waals surface area contributed by atoms with Crippen molar-refractivity contribution in [1.29, 1.82) is 0 Å². The second kappa shape index (κ2) is 5.18. The molecule has 18 heavy (non-hydrogen) atoms. The lowest BCUT2D eigenvalue weighted by Crippen LogP contribution is -2.16. The van der Waals surface area contributed by atoms with Gasteiger partial charge in [-0.05, 0) is 24.3 Å². The molecule has 0 aliphatic heterocycles. The standard InChI is InChI=1S/C12H8Cl2F2N2/c13-6-3-9(14)12(18-5-6)11(17)8-4-7(15)1-2-10(8)16/h1-5,11H,17H2. The summed E-state index contributed by atoms with van der Waals surface area (Å²) in [6, 6.07) is 3.54. The number of hydrogen-bond acceptors (Lipinski definition) is 2. The minimum Gasteiger partial charge on any atom is -0.319 e. The third kappa shape index (κ3) is 2.61. The molecule has 0 aliphatic carbocycles. The van der Waals surface area contributed by atoms with E-state index in [0.717, 1.165) is 18.2 Å². The Hall–Kier alpha value is -1.23. The molecule has 1 aromatic carbocycles. The summed E-state index contributed by atoms with van der Waals surface area (Å²) >= 11 is 11.6. The normalized spacial score (nSPS) is 12.5. The lowest BCUT2D eigenvalue weighted by atomic mass is 10.0. The van der Waals surface area contributed by atoms with Crippen LogP contribution in [0, 0.1) is 11.6 Å². The van der Waals surface area contributed by atoms with E-state index in [4.69, 9.17) is 28.9 Å². The molecule has 94 valence electrons. The third-order valence-electron chi connectivity index (χ3n) is 2.42. The van der Waals surface area contributed by atoms with Gasteiger partial charge in [-0.15, -0.1) is 0 Å². The monoisotopic (exact) mass is 288 g/mol. The lowest BCUT2D eigenvalue weighted by molar-refractivity contribution is 0.575. The Morgan fingerprint density at radius 3 is 2.56 bits per heavy atom. The number of nitrogens with two attached hydrogens (primary N) is 1. The van der Waals surface area contributed by atoms with Gasteiger partial charge < -0.3 is 5.73 Å². The van der Waals surface area contributed by atoms with Crippen molar-refractivity contribution in [2.45, 2.75) is 6.04 Å². The van der Waals surface area contributed by atoms with E-state index in [1.54, 1.807) is 0 Å². The Labute approximate surface area is 112 Å². The summed E-state index contributed by atoms with van der Waals surface area (Å²) < 4.78 is 26.7. The van der Waals surface area contributed by atoms with Gasteiger partial charge in [-0.1, -0.05) is 23.2 Å². The van der Waals surface area contributed by atoms with Crippen LogP contribution in [-0.4, -0.2) is 4.98 Å². The van der Waals surface area contributed by atoms with Gasteiger partial charge in [-0.2, -0.15) is 0 Å². The first kappa shape index (κ1) is 13.2. The number of nitrogens with zero attached hydrogens (tertiary/aromatic N) is 1. The number of rotatable bonds is 2. The van der Waals surface area contributed by atoms with E-state index in [2.05, 4.69) is 4.98 Å². The Bertz CT molecular complexity index is 590. The molecule has 0 spiro atoms. The molecule has 2 rings (SSSR count). The highest BCUT2D eigenvalue weighted by molar-refractivity contribution is 6.34. The van der Waals surface area contributed by atoms with E-state index in [1.165, 1.54) is 12.3 Å². The Morgan fingerprint density at radius 1 is 1.17 bits per heavy atom. The van der Waals surface area contributed by atoms with Crippen LogP contribution in [0.4, 0.5) is 8.78 Å². The van der Waals surface area contributed by atoms with Crippen molar-refractivity contribution in [3.8, 4) is 0 Å². The first-order chi connectivity index (χ1) is 8.49. The highest BCUT2D eigenvalue weighted by Gasteiger charge is 2.18. The van der Waals surface area contributed by atoms with Crippen molar-refractivity contribution in [2.75, 3.05) is 0 Å². The fraction of sp³-hybridized carbons (Fsp3) is 0.0833. The van der Waals surface area contributed by atoms with E-state index in [-0.39, 0.29) is 16.3 Å². The Kier molecular flexibility index (Phi) is 3.80. The lowest BCUT2D eigenvalue weighted by Gasteiger charge is -2.14. The van der Waals surface area contributed by atoms with E-state index in [9.17, 15) is 8.78 Å². The molecule has 0 fully saturated rings. The van der Waals surface area contributed by atoms with Crippen LogP contribution in [0.25, 0.3) is 0 Å². The van der Waals surface area contributed by atoms with Crippen molar-refractivity contribution in [3.05, 3.63) is 63.4 Å². The maximum atomic E-state index is 13.6. The van der Waals surface area contributed by atoms with E-state index in [1.807, 2.05) is 0 Å². The largest absolute Gasteiger partial charge is 0.319 e. The summed E-state index contributed by atoms with van der Waals surface area (Å²) in [5, 5.41) is 0.550. The van der Waals surface area contributed by atoms with Crippen LogP contribution in [0.2, 0.25) is 10.0 Å². The molecule has 2 N–H and O–H groups in total. The third-order valence-corrected chi connectivity index (χ3v) is 2.93. The second-order valence-electron chi connectivity index (χ2n) is 3.66. The summed E-state index contributed by atoms with van der Waals surface area (Å²) in [5.74, 6) is -1.19. The Morgan fingerprint density at radius 2 is 1.89 bits per heavy atom. The molecule has 0 radical (unpaired) electrons. The van der Waals surface area contributed by atoms with Crippen LogP contribution in [-0.2, 0) is 0 Å². The van der Waals surface area contributed by atoms with Crippen LogP contribution < -0.4 is 5.73 Å². The van der Waals surface area contributed by atoms with Crippen molar-refractivity contribution in [1.82, 2.24) is 4.98 Å². The molecule has 0 aliphatic rings. The van der Waals surface area contributed by atoms with Gasteiger partial charge in [-0.25, -0.2) is 8.78 Å². The molecule has 1 unspecified atom stereocenters. The van der Waals surface area contributed by atoms with Crippen molar-refractivity contribution in [3.63, 3.8) is 0 Å². The maximum absolute atomic E-state index is 13.6. The number of benzene rings is 1. The highest BCUT2D eigenvalue weighted by Crippen LogP contribution is 2.28. The van der Waals surface area contributed by atoms with E-state index in [0.29, 0.717) is 5.02 Å². The van der Waals surface area contributed by atoms with Crippen LogP contribution in [0.5, 0.6) is 0 Å². The summed E-state index contributed by atoms with van der Waals surface area (Å²) in [6.45, 7) is 0. The first-order valence-corrected chi connectivity index (χ1v) is 5.76. The smallest absolute Gasteiger partial charge is 0.128 e. The highest BCUT2D eigenvalue weighted by atomic mass is 35.5. The zero-order valence-electron chi connectivity index (χ0n) is 9.00. The number of halogens is 4. The fourth-order valence-corrected chi connectivity index (χ4v) is 2.05. The van der Waals surface area contributed by atoms with Crippen molar-refractivity contribution >= 4 is 23.2 Å². The molecule has 1 atom stereocenters. The zero-order valence-corrected chi connectivity index (χ0v) is 10.5. The summed E-state index contributed by atoms with van der Waals surface area (Å²) in [7, 11) is 0. The fourth-order valence-electron chi connectivity index (χ4n) is 1.55. The quantitative estimate of drug-likeness (QED) is 0.915. The van der Waals surface area contributed by atoms with Gasteiger partial charge in [0.2, 0.25) is 0 Å². The predicted molar refractivity (Wildman–Crippen MR) is 66.6 cm³/mol. The number of aromatic nitrogens is 1. The molecule has 1 aromatic heterocycles. The molecule has 6 heteroatoms. The van der Waals surface area contributed by atoms with Crippen molar-refractivity contribution in [2.24, 2.45) is 5.73 Å². The van der Waals surface area contributed by atoms with Crippen molar-refractivity contribution < 1.29 is 8.78 Å². The van der Waals surface area contributed by atoms with Gasteiger partial charge in [0, 0.05) is 11.8 Å². The summed E-state index contributed by atoms with van der Waals surface area (Å²) in [5.41, 5.74) is 6.07. The summed E-state index contributed by atoms with van der Waals surface area (Å²) in [6.07, 6.45) is 1.35. The molecule has 0 saturated carbocycles. The van der Waals surface area contributed by atoms with Gasteiger partial charge in [-0.3, -0.25) is 4.98 Å².